The molecular weight excluding hydrogens is 564 g/mol. The number of hydrogen-bond acceptors (Lipinski definition) is 7. The molecule has 0 aliphatic carbocycles. The lowest BCUT2D eigenvalue weighted by molar-refractivity contribution is -0.133. The highest BCUT2D eigenvalue weighted by Gasteiger charge is 2.32. The summed E-state index contributed by atoms with van der Waals surface area (Å²) < 4.78 is 81.6. The molecule has 1 fully saturated rings. The van der Waals surface area contributed by atoms with Crippen LogP contribution < -0.4 is 0 Å². The van der Waals surface area contributed by atoms with Crippen LogP contribution in [0.25, 0.3) is 0 Å². The molecule has 0 spiro atoms. The third-order valence-corrected chi connectivity index (χ3v) is 7.81. The molecule has 5 rings (SSSR count). The Morgan fingerprint density at radius 3 is 2.42 bits per heavy atom. The highest BCUT2D eigenvalue weighted by Crippen LogP contribution is 2.36. The zero-order valence-electron chi connectivity index (χ0n) is 20.6. The molecule has 2 aliphatic rings. The molecule has 0 radical (unpaired) electrons. The van der Waals surface area contributed by atoms with Gasteiger partial charge in [0.2, 0.25) is 5.91 Å². The SMILES string of the molecule is O=Cc1cc(F)c(C2CC(c3csc(C4CCN(C(=O)Cn5nc(C(F)F)cc5C(F)F)CC4)n3)=NO2)c(F)c1. The summed E-state index contributed by atoms with van der Waals surface area (Å²) in [5.41, 5.74) is -1.09. The fourth-order valence-electron chi connectivity index (χ4n) is 4.74. The van der Waals surface area contributed by atoms with Crippen LogP contribution in [-0.2, 0) is 16.2 Å². The zero-order valence-corrected chi connectivity index (χ0v) is 21.4. The average molecular weight is 586 g/mol. The fraction of sp³-hybridized carbons (Fsp3) is 0.400. The van der Waals surface area contributed by atoms with Gasteiger partial charge in [0.05, 0.1) is 16.3 Å². The summed E-state index contributed by atoms with van der Waals surface area (Å²) in [5.74, 6) is -2.32. The highest BCUT2D eigenvalue weighted by atomic mass is 32.1. The number of rotatable bonds is 8. The number of hydrogen-bond donors (Lipinski definition) is 0. The van der Waals surface area contributed by atoms with E-state index in [1.807, 2.05) is 0 Å². The van der Waals surface area contributed by atoms with Crippen molar-refractivity contribution in [3.63, 3.8) is 0 Å². The number of carbonyl (C=O) groups excluding carboxylic acids is 2. The van der Waals surface area contributed by atoms with Crippen LogP contribution in [0.3, 0.4) is 0 Å². The zero-order chi connectivity index (χ0) is 28.6. The minimum atomic E-state index is -3.05. The van der Waals surface area contributed by atoms with Gasteiger partial charge in [0.1, 0.15) is 41.6 Å². The molecule has 2 aromatic heterocycles. The molecule has 212 valence electrons. The van der Waals surface area contributed by atoms with E-state index in [4.69, 9.17) is 4.84 Å². The number of aldehydes is 1. The number of benzene rings is 1. The van der Waals surface area contributed by atoms with Crippen LogP contribution in [-0.4, -0.2) is 50.7 Å². The Morgan fingerprint density at radius 1 is 1.10 bits per heavy atom. The molecule has 1 amide bonds. The van der Waals surface area contributed by atoms with Crippen molar-refractivity contribution < 1.29 is 40.8 Å². The first kappa shape index (κ1) is 27.8. The van der Waals surface area contributed by atoms with Gasteiger partial charge in [-0.2, -0.15) is 5.10 Å². The number of alkyl halides is 4. The average Bonchev–Trinajstić information content (AvgIpc) is 3.68. The molecule has 8 nitrogen and oxygen atoms in total. The number of halogens is 6. The van der Waals surface area contributed by atoms with Crippen LogP contribution in [0.2, 0.25) is 0 Å². The van der Waals surface area contributed by atoms with Crippen molar-refractivity contribution >= 4 is 29.2 Å². The summed E-state index contributed by atoms with van der Waals surface area (Å²) >= 11 is 1.37. The first-order valence-corrected chi connectivity index (χ1v) is 13.1. The van der Waals surface area contributed by atoms with Gasteiger partial charge in [0, 0.05) is 36.4 Å². The summed E-state index contributed by atoms with van der Waals surface area (Å²) in [6.07, 6.45) is -5.60. The van der Waals surface area contributed by atoms with Crippen molar-refractivity contribution in [2.24, 2.45) is 5.16 Å². The van der Waals surface area contributed by atoms with Crippen LogP contribution in [0.15, 0.2) is 28.7 Å². The van der Waals surface area contributed by atoms with Crippen LogP contribution in [0.5, 0.6) is 0 Å². The minimum absolute atomic E-state index is 0.000873. The normalized spacial score (nSPS) is 17.9. The van der Waals surface area contributed by atoms with E-state index in [0.717, 1.165) is 17.1 Å². The Kier molecular flexibility index (Phi) is 7.92. The van der Waals surface area contributed by atoms with Gasteiger partial charge in [-0.05, 0) is 31.0 Å². The van der Waals surface area contributed by atoms with Crippen molar-refractivity contribution in [1.29, 1.82) is 0 Å². The predicted molar refractivity (Wildman–Crippen MR) is 130 cm³/mol. The second kappa shape index (κ2) is 11.4. The van der Waals surface area contributed by atoms with Crippen LogP contribution in [0.1, 0.15) is 82.1 Å². The number of likely N-dealkylation sites (tertiary alicyclic amines) is 1. The molecule has 0 saturated carbocycles. The van der Waals surface area contributed by atoms with Crippen LogP contribution in [0.4, 0.5) is 26.3 Å². The third kappa shape index (κ3) is 5.60. The Morgan fingerprint density at radius 2 is 1.80 bits per heavy atom. The third-order valence-electron chi connectivity index (χ3n) is 6.81. The summed E-state index contributed by atoms with van der Waals surface area (Å²) in [4.78, 5) is 34.9. The number of nitrogens with zero attached hydrogens (tertiary/aromatic N) is 5. The van der Waals surface area contributed by atoms with E-state index in [9.17, 15) is 35.9 Å². The number of aromatic nitrogens is 3. The van der Waals surface area contributed by atoms with E-state index in [2.05, 4.69) is 15.2 Å². The van der Waals surface area contributed by atoms with E-state index in [-0.39, 0.29) is 23.5 Å². The smallest absolute Gasteiger partial charge is 0.282 e. The van der Waals surface area contributed by atoms with Gasteiger partial charge >= 0.3 is 0 Å². The lowest BCUT2D eigenvalue weighted by Crippen LogP contribution is -2.40. The Balaban J connectivity index is 1.18. The van der Waals surface area contributed by atoms with Crippen LogP contribution in [0, 0.1) is 11.6 Å². The quantitative estimate of drug-likeness (QED) is 0.255. The van der Waals surface area contributed by atoms with Crippen molar-refractivity contribution in [2.45, 2.75) is 50.7 Å². The van der Waals surface area contributed by atoms with E-state index >= 15 is 0 Å². The molecule has 15 heteroatoms. The van der Waals surface area contributed by atoms with Gasteiger partial charge in [-0.25, -0.2) is 31.3 Å². The van der Waals surface area contributed by atoms with E-state index in [0.29, 0.717) is 54.4 Å². The maximum absolute atomic E-state index is 14.4. The molecule has 0 N–H and O–H groups in total. The summed E-state index contributed by atoms with van der Waals surface area (Å²) in [6, 6.07) is 2.46. The molecule has 1 aromatic carbocycles. The van der Waals surface area contributed by atoms with Gasteiger partial charge in [0.25, 0.3) is 12.9 Å². The van der Waals surface area contributed by atoms with Gasteiger partial charge in [-0.1, -0.05) is 5.16 Å². The van der Waals surface area contributed by atoms with Gasteiger partial charge in [-0.3, -0.25) is 14.3 Å². The fourth-order valence-corrected chi connectivity index (χ4v) is 5.74. The van der Waals surface area contributed by atoms with Gasteiger partial charge < -0.3 is 9.74 Å². The number of thiazole rings is 1. The van der Waals surface area contributed by atoms with E-state index in [1.165, 1.54) is 16.2 Å². The van der Waals surface area contributed by atoms with Gasteiger partial charge in [-0.15, -0.1) is 11.3 Å². The Labute approximate surface area is 227 Å². The van der Waals surface area contributed by atoms with Crippen molar-refractivity contribution in [2.75, 3.05) is 13.1 Å². The maximum Gasteiger partial charge on any atom is 0.282 e. The highest BCUT2D eigenvalue weighted by molar-refractivity contribution is 7.10. The molecule has 1 atom stereocenters. The van der Waals surface area contributed by atoms with Crippen LogP contribution >= 0.6 is 11.3 Å². The number of piperidine rings is 1. The molecule has 4 heterocycles. The molecule has 0 bridgehead atoms. The maximum atomic E-state index is 14.4. The summed E-state index contributed by atoms with van der Waals surface area (Å²) in [5, 5.41) is 9.94. The second-order valence-corrected chi connectivity index (χ2v) is 10.2. The molecule has 1 saturated heterocycles. The molecule has 2 aliphatic heterocycles. The lowest BCUT2D eigenvalue weighted by atomic mass is 9.97. The number of carbonyl (C=O) groups is 2. The number of amides is 1. The minimum Gasteiger partial charge on any atom is -0.387 e. The largest absolute Gasteiger partial charge is 0.387 e. The monoisotopic (exact) mass is 585 g/mol. The summed E-state index contributed by atoms with van der Waals surface area (Å²) in [6.45, 7) is 0.0538. The lowest BCUT2D eigenvalue weighted by Gasteiger charge is -2.31. The van der Waals surface area contributed by atoms with Crippen molar-refractivity contribution in [1.82, 2.24) is 19.7 Å². The standard InChI is InChI=1S/C25H21F6N5O3S/c26-14-5-12(10-37)6-15(27)22(14)20-8-16(34-39-20)18-11-40-25(32-18)13-1-3-35(4-2-13)21(38)9-36-19(24(30)31)7-17(33-36)23(28)29/h5-7,10-11,13,20,23-24H,1-4,8-9H2. The van der Waals surface area contributed by atoms with Crippen molar-refractivity contribution in [3.05, 3.63) is 68.4 Å². The topological polar surface area (TPSA) is 89.7 Å². The predicted octanol–water partition coefficient (Wildman–Crippen LogP) is 5.58. The second-order valence-electron chi connectivity index (χ2n) is 9.33. The Hall–Kier alpha value is -3.75. The van der Waals surface area contributed by atoms with Gasteiger partial charge in [0.15, 0.2) is 6.10 Å². The summed E-state index contributed by atoms with van der Waals surface area (Å²) in [7, 11) is 0. The Bertz CT molecular complexity index is 1430. The number of oxime groups is 1. The van der Waals surface area contributed by atoms with E-state index in [1.54, 1.807) is 5.38 Å². The molecule has 40 heavy (non-hydrogen) atoms. The molecule has 3 aromatic rings. The molecular formula is C25H21F6N5O3S. The first-order valence-electron chi connectivity index (χ1n) is 12.2. The first-order chi connectivity index (χ1) is 19.1. The van der Waals surface area contributed by atoms with E-state index < -0.39 is 54.4 Å². The molecule has 1 unspecified atom stereocenters. The van der Waals surface area contributed by atoms with Crippen molar-refractivity contribution in [3.8, 4) is 0 Å².